The first-order valence-corrected chi connectivity index (χ1v) is 7.12. The molecule has 1 fully saturated rings. The quantitative estimate of drug-likeness (QED) is 0.870. The zero-order valence-electron chi connectivity index (χ0n) is 12.4. The normalized spacial score (nSPS) is 15.8. The number of nitriles is 1. The molecule has 0 spiro atoms. The number of carboxylic acid groups (broad SMARTS) is 1. The summed E-state index contributed by atoms with van der Waals surface area (Å²) in [6, 6.07) is 6.68. The summed E-state index contributed by atoms with van der Waals surface area (Å²) >= 11 is 0. The predicted molar refractivity (Wildman–Crippen MR) is 79.5 cm³/mol. The average molecular weight is 302 g/mol. The maximum atomic E-state index is 12.2. The molecule has 0 unspecified atom stereocenters. The van der Waals surface area contributed by atoms with Crippen molar-refractivity contribution in [2.45, 2.75) is 32.1 Å². The molecule has 0 saturated heterocycles. The summed E-state index contributed by atoms with van der Waals surface area (Å²) in [5.41, 5.74) is -0.195. The molecular formula is C16H18N2O4. The van der Waals surface area contributed by atoms with Gasteiger partial charge in [0.05, 0.1) is 29.8 Å². The molecule has 2 N–H and O–H groups in total. The third-order valence-electron chi connectivity index (χ3n) is 4.12. The number of carbonyl (C=O) groups excluding carboxylic acids is 1. The number of ether oxygens (including phenoxy) is 1. The van der Waals surface area contributed by atoms with E-state index in [0.29, 0.717) is 29.8 Å². The third kappa shape index (κ3) is 3.19. The summed E-state index contributed by atoms with van der Waals surface area (Å²) in [6.07, 6.45) is 2.62. The Labute approximate surface area is 128 Å². The Morgan fingerprint density at radius 1 is 1.41 bits per heavy atom. The number of amides is 1. The minimum Gasteiger partial charge on any atom is -0.495 e. The van der Waals surface area contributed by atoms with Gasteiger partial charge in [-0.15, -0.1) is 0 Å². The van der Waals surface area contributed by atoms with Crippen molar-refractivity contribution in [2.24, 2.45) is 5.41 Å². The molecule has 6 nitrogen and oxygen atoms in total. The summed E-state index contributed by atoms with van der Waals surface area (Å²) in [6.45, 7) is 0. The van der Waals surface area contributed by atoms with Crippen molar-refractivity contribution in [2.75, 3.05) is 12.4 Å². The van der Waals surface area contributed by atoms with Crippen molar-refractivity contribution in [3.63, 3.8) is 0 Å². The van der Waals surface area contributed by atoms with Crippen molar-refractivity contribution in [1.29, 1.82) is 5.26 Å². The van der Waals surface area contributed by atoms with Gasteiger partial charge in [-0.1, -0.05) is 12.8 Å². The Kier molecular flexibility index (Phi) is 4.66. The number of rotatable bonds is 5. The molecule has 0 radical (unpaired) electrons. The molecular weight excluding hydrogens is 284 g/mol. The lowest BCUT2D eigenvalue weighted by Gasteiger charge is -2.23. The molecule has 2 rings (SSSR count). The number of carbonyl (C=O) groups is 2. The van der Waals surface area contributed by atoms with Crippen LogP contribution in [0.5, 0.6) is 5.75 Å². The summed E-state index contributed by atoms with van der Waals surface area (Å²) in [7, 11) is 1.47. The van der Waals surface area contributed by atoms with Gasteiger partial charge in [0, 0.05) is 6.42 Å². The molecule has 0 bridgehead atoms. The van der Waals surface area contributed by atoms with Gasteiger partial charge in [-0.2, -0.15) is 5.26 Å². The predicted octanol–water partition coefficient (Wildman–Crippen LogP) is 2.54. The smallest absolute Gasteiger partial charge is 0.310 e. The Hall–Kier alpha value is -2.55. The van der Waals surface area contributed by atoms with Crippen LogP contribution in [0.4, 0.5) is 5.69 Å². The largest absolute Gasteiger partial charge is 0.495 e. The zero-order valence-corrected chi connectivity index (χ0v) is 12.4. The highest BCUT2D eigenvalue weighted by molar-refractivity contribution is 5.95. The SMILES string of the molecule is COc1ccc(C#N)cc1NC(=O)CC1(C(=O)O)CCCC1. The minimum atomic E-state index is -0.968. The number of anilines is 1. The molecule has 116 valence electrons. The van der Waals surface area contributed by atoms with Crippen LogP contribution in [-0.4, -0.2) is 24.1 Å². The number of carboxylic acids is 1. The Morgan fingerprint density at radius 3 is 2.64 bits per heavy atom. The van der Waals surface area contributed by atoms with E-state index in [9.17, 15) is 14.7 Å². The number of hydrogen-bond acceptors (Lipinski definition) is 4. The molecule has 1 aliphatic rings. The second kappa shape index (κ2) is 6.48. The second-order valence-electron chi connectivity index (χ2n) is 5.54. The molecule has 0 aliphatic heterocycles. The van der Waals surface area contributed by atoms with Crippen LogP contribution in [0.3, 0.4) is 0 Å². The monoisotopic (exact) mass is 302 g/mol. The Balaban J connectivity index is 2.15. The van der Waals surface area contributed by atoms with Crippen molar-refractivity contribution in [3.8, 4) is 11.8 Å². The molecule has 6 heteroatoms. The van der Waals surface area contributed by atoms with Gasteiger partial charge in [0.2, 0.25) is 5.91 Å². The van der Waals surface area contributed by atoms with E-state index in [0.717, 1.165) is 12.8 Å². The fourth-order valence-corrected chi connectivity index (χ4v) is 2.89. The van der Waals surface area contributed by atoms with Gasteiger partial charge in [-0.25, -0.2) is 0 Å². The first-order chi connectivity index (χ1) is 10.5. The number of nitrogens with zero attached hydrogens (tertiary/aromatic N) is 1. The Morgan fingerprint density at radius 2 is 2.09 bits per heavy atom. The number of nitrogens with one attached hydrogen (secondary N) is 1. The molecule has 22 heavy (non-hydrogen) atoms. The van der Waals surface area contributed by atoms with Crippen LogP contribution in [0.2, 0.25) is 0 Å². The molecule has 0 heterocycles. The van der Waals surface area contributed by atoms with E-state index < -0.39 is 11.4 Å². The van der Waals surface area contributed by atoms with Gasteiger partial charge in [0.1, 0.15) is 5.75 Å². The van der Waals surface area contributed by atoms with Gasteiger partial charge in [0.15, 0.2) is 0 Å². The van der Waals surface area contributed by atoms with E-state index in [-0.39, 0.29) is 12.3 Å². The molecule has 0 atom stereocenters. The summed E-state index contributed by atoms with van der Waals surface area (Å²) in [5.74, 6) is -0.862. The van der Waals surface area contributed by atoms with Crippen LogP contribution in [0.1, 0.15) is 37.7 Å². The van der Waals surface area contributed by atoms with Crippen molar-refractivity contribution in [1.82, 2.24) is 0 Å². The minimum absolute atomic E-state index is 0.0672. The summed E-state index contributed by atoms with van der Waals surface area (Å²) in [5, 5.41) is 21.0. The first kappa shape index (κ1) is 15.8. The topological polar surface area (TPSA) is 99.4 Å². The van der Waals surface area contributed by atoms with E-state index in [1.165, 1.54) is 13.2 Å². The molecule has 1 aromatic carbocycles. The molecule has 1 amide bonds. The molecule has 1 saturated carbocycles. The van der Waals surface area contributed by atoms with Gasteiger partial charge < -0.3 is 15.2 Å². The molecule has 1 aliphatic carbocycles. The number of aliphatic carboxylic acids is 1. The standard InChI is InChI=1S/C16H18N2O4/c1-22-13-5-4-11(10-17)8-12(13)18-14(19)9-16(15(20)21)6-2-3-7-16/h4-5,8H,2-3,6-7,9H2,1H3,(H,18,19)(H,20,21). The zero-order chi connectivity index (χ0) is 16.2. The summed E-state index contributed by atoms with van der Waals surface area (Å²) in [4.78, 5) is 23.7. The van der Waals surface area contributed by atoms with E-state index in [2.05, 4.69) is 5.32 Å². The molecule has 1 aromatic rings. The van der Waals surface area contributed by atoms with E-state index in [4.69, 9.17) is 10.00 Å². The Bertz CT molecular complexity index is 628. The van der Waals surface area contributed by atoms with Crippen LogP contribution < -0.4 is 10.1 Å². The van der Waals surface area contributed by atoms with Crippen LogP contribution >= 0.6 is 0 Å². The third-order valence-corrected chi connectivity index (χ3v) is 4.12. The van der Waals surface area contributed by atoms with Crippen molar-refractivity contribution in [3.05, 3.63) is 23.8 Å². The number of benzene rings is 1. The highest BCUT2D eigenvalue weighted by Crippen LogP contribution is 2.41. The highest BCUT2D eigenvalue weighted by Gasteiger charge is 2.43. The lowest BCUT2D eigenvalue weighted by Crippen LogP contribution is -2.32. The maximum absolute atomic E-state index is 12.2. The van der Waals surface area contributed by atoms with Crippen LogP contribution in [0.15, 0.2) is 18.2 Å². The fraction of sp³-hybridized carbons (Fsp3) is 0.438. The van der Waals surface area contributed by atoms with Crippen molar-refractivity contribution < 1.29 is 19.4 Å². The fourth-order valence-electron chi connectivity index (χ4n) is 2.89. The van der Waals surface area contributed by atoms with Gasteiger partial charge >= 0.3 is 5.97 Å². The van der Waals surface area contributed by atoms with Gasteiger partial charge in [-0.3, -0.25) is 9.59 Å². The maximum Gasteiger partial charge on any atom is 0.310 e. The van der Waals surface area contributed by atoms with Crippen molar-refractivity contribution >= 4 is 17.6 Å². The molecule has 0 aromatic heterocycles. The van der Waals surface area contributed by atoms with Gasteiger partial charge in [0.25, 0.3) is 0 Å². The van der Waals surface area contributed by atoms with Gasteiger partial charge in [-0.05, 0) is 31.0 Å². The summed E-state index contributed by atoms with van der Waals surface area (Å²) < 4.78 is 5.15. The van der Waals surface area contributed by atoms with E-state index >= 15 is 0 Å². The van der Waals surface area contributed by atoms with E-state index in [1.807, 2.05) is 6.07 Å². The first-order valence-electron chi connectivity index (χ1n) is 7.12. The second-order valence-corrected chi connectivity index (χ2v) is 5.54. The lowest BCUT2D eigenvalue weighted by molar-refractivity contribution is -0.150. The van der Waals surface area contributed by atoms with Crippen LogP contribution in [0, 0.1) is 16.7 Å². The van der Waals surface area contributed by atoms with Crippen LogP contribution in [-0.2, 0) is 9.59 Å². The van der Waals surface area contributed by atoms with E-state index in [1.54, 1.807) is 12.1 Å². The van der Waals surface area contributed by atoms with Crippen LogP contribution in [0.25, 0.3) is 0 Å². The number of hydrogen-bond donors (Lipinski definition) is 2. The highest BCUT2D eigenvalue weighted by atomic mass is 16.5. The average Bonchev–Trinajstić information content (AvgIpc) is 2.96. The lowest BCUT2D eigenvalue weighted by atomic mass is 9.82. The number of methoxy groups -OCH3 is 1.